The summed E-state index contributed by atoms with van der Waals surface area (Å²) in [5.41, 5.74) is 1.99. The van der Waals surface area contributed by atoms with Crippen molar-refractivity contribution >= 4 is 6.29 Å². The van der Waals surface area contributed by atoms with Gasteiger partial charge in [0.05, 0.1) is 0 Å². The summed E-state index contributed by atoms with van der Waals surface area (Å²) >= 11 is 0. The zero-order valence-corrected chi connectivity index (χ0v) is 8.28. The third-order valence-corrected chi connectivity index (χ3v) is 2.77. The minimum absolute atomic E-state index is 0.833. The first-order chi connectivity index (χ1) is 6.90. The molecule has 1 heterocycles. The van der Waals surface area contributed by atoms with E-state index in [4.69, 9.17) is 0 Å². The molecule has 0 unspecified atom stereocenters. The fourth-order valence-corrected chi connectivity index (χ4v) is 1.97. The van der Waals surface area contributed by atoms with Crippen LogP contribution in [0.15, 0.2) is 24.3 Å². The molecule has 1 fully saturated rings. The number of nitrogens with zero attached hydrogens (tertiary/aromatic N) is 1. The van der Waals surface area contributed by atoms with Crippen LogP contribution in [0.1, 0.15) is 28.8 Å². The SMILES string of the molecule is O=Cc1ccccc1CN1CCCC1. The van der Waals surface area contributed by atoms with Crippen LogP contribution in [-0.2, 0) is 6.54 Å². The smallest absolute Gasteiger partial charge is 0.150 e. The summed E-state index contributed by atoms with van der Waals surface area (Å²) in [6, 6.07) is 7.84. The monoisotopic (exact) mass is 189 g/mol. The molecule has 0 atom stereocenters. The number of hydrogen-bond donors (Lipinski definition) is 0. The van der Waals surface area contributed by atoms with Crippen LogP contribution in [0.2, 0.25) is 0 Å². The summed E-state index contributed by atoms with van der Waals surface area (Å²) in [6.45, 7) is 3.27. The van der Waals surface area contributed by atoms with Gasteiger partial charge in [0, 0.05) is 12.1 Å². The van der Waals surface area contributed by atoms with E-state index in [1.54, 1.807) is 0 Å². The molecule has 2 heteroatoms. The summed E-state index contributed by atoms with van der Waals surface area (Å²) in [7, 11) is 0. The van der Waals surface area contributed by atoms with Gasteiger partial charge in [0.25, 0.3) is 0 Å². The van der Waals surface area contributed by atoms with E-state index in [0.29, 0.717) is 0 Å². The normalized spacial score (nSPS) is 17.1. The fourth-order valence-electron chi connectivity index (χ4n) is 1.97. The maximum Gasteiger partial charge on any atom is 0.150 e. The van der Waals surface area contributed by atoms with Crippen molar-refractivity contribution in [2.75, 3.05) is 13.1 Å². The van der Waals surface area contributed by atoms with Gasteiger partial charge < -0.3 is 0 Å². The van der Waals surface area contributed by atoms with Crippen LogP contribution in [0, 0.1) is 0 Å². The molecule has 2 rings (SSSR count). The number of carbonyl (C=O) groups excluding carboxylic acids is 1. The molecule has 1 aromatic carbocycles. The lowest BCUT2D eigenvalue weighted by Crippen LogP contribution is -2.19. The Bertz CT molecular complexity index is 316. The van der Waals surface area contributed by atoms with E-state index in [1.807, 2.05) is 24.3 Å². The Morgan fingerprint density at radius 1 is 1.21 bits per heavy atom. The lowest BCUT2D eigenvalue weighted by Gasteiger charge is -2.15. The lowest BCUT2D eigenvalue weighted by atomic mass is 10.1. The highest BCUT2D eigenvalue weighted by Crippen LogP contribution is 2.14. The average Bonchev–Trinajstić information content (AvgIpc) is 2.71. The Kier molecular flexibility index (Phi) is 2.94. The van der Waals surface area contributed by atoms with Crippen LogP contribution in [0.3, 0.4) is 0 Å². The van der Waals surface area contributed by atoms with Crippen molar-refractivity contribution in [1.29, 1.82) is 0 Å². The van der Waals surface area contributed by atoms with Gasteiger partial charge in [-0.1, -0.05) is 24.3 Å². The zero-order chi connectivity index (χ0) is 9.80. The van der Waals surface area contributed by atoms with Crippen LogP contribution in [-0.4, -0.2) is 24.3 Å². The second-order valence-corrected chi connectivity index (χ2v) is 3.80. The molecule has 0 saturated carbocycles. The van der Waals surface area contributed by atoms with E-state index >= 15 is 0 Å². The van der Waals surface area contributed by atoms with Crippen molar-refractivity contribution in [3.63, 3.8) is 0 Å². The minimum Gasteiger partial charge on any atom is -0.299 e. The van der Waals surface area contributed by atoms with E-state index in [0.717, 1.165) is 24.0 Å². The molecular weight excluding hydrogens is 174 g/mol. The maximum atomic E-state index is 10.8. The Balaban J connectivity index is 2.10. The topological polar surface area (TPSA) is 20.3 Å². The van der Waals surface area contributed by atoms with E-state index in [1.165, 1.54) is 25.9 Å². The average molecular weight is 189 g/mol. The number of rotatable bonds is 3. The van der Waals surface area contributed by atoms with Crippen molar-refractivity contribution in [3.8, 4) is 0 Å². The van der Waals surface area contributed by atoms with Crippen molar-refractivity contribution in [1.82, 2.24) is 4.90 Å². The predicted molar refractivity (Wildman–Crippen MR) is 56.3 cm³/mol. The van der Waals surface area contributed by atoms with Crippen molar-refractivity contribution in [3.05, 3.63) is 35.4 Å². The molecular formula is C12H15NO. The van der Waals surface area contributed by atoms with Gasteiger partial charge in [0.1, 0.15) is 6.29 Å². The summed E-state index contributed by atoms with van der Waals surface area (Å²) in [5, 5.41) is 0. The highest BCUT2D eigenvalue weighted by molar-refractivity contribution is 5.77. The number of aldehydes is 1. The Hall–Kier alpha value is -1.15. The van der Waals surface area contributed by atoms with Crippen LogP contribution < -0.4 is 0 Å². The highest BCUT2D eigenvalue weighted by Gasteiger charge is 2.12. The molecule has 0 aromatic heterocycles. The fraction of sp³-hybridized carbons (Fsp3) is 0.417. The molecule has 2 nitrogen and oxygen atoms in total. The van der Waals surface area contributed by atoms with Gasteiger partial charge in [-0.2, -0.15) is 0 Å². The van der Waals surface area contributed by atoms with Gasteiger partial charge in [-0.15, -0.1) is 0 Å². The zero-order valence-electron chi connectivity index (χ0n) is 8.28. The Morgan fingerprint density at radius 3 is 2.64 bits per heavy atom. The molecule has 0 amide bonds. The van der Waals surface area contributed by atoms with Gasteiger partial charge in [-0.3, -0.25) is 9.69 Å². The molecule has 0 radical (unpaired) electrons. The molecule has 0 aliphatic carbocycles. The highest BCUT2D eigenvalue weighted by atomic mass is 16.1. The summed E-state index contributed by atoms with van der Waals surface area (Å²) in [4.78, 5) is 13.2. The van der Waals surface area contributed by atoms with Gasteiger partial charge in [-0.05, 0) is 31.5 Å². The van der Waals surface area contributed by atoms with Gasteiger partial charge in [-0.25, -0.2) is 0 Å². The third kappa shape index (κ3) is 2.02. The van der Waals surface area contributed by atoms with Gasteiger partial charge in [0.2, 0.25) is 0 Å². The lowest BCUT2D eigenvalue weighted by molar-refractivity contribution is 0.112. The van der Waals surface area contributed by atoms with E-state index < -0.39 is 0 Å². The molecule has 14 heavy (non-hydrogen) atoms. The third-order valence-electron chi connectivity index (χ3n) is 2.77. The largest absolute Gasteiger partial charge is 0.299 e. The number of likely N-dealkylation sites (tertiary alicyclic amines) is 1. The van der Waals surface area contributed by atoms with E-state index in [2.05, 4.69) is 4.90 Å². The van der Waals surface area contributed by atoms with E-state index in [-0.39, 0.29) is 0 Å². The molecule has 1 saturated heterocycles. The molecule has 1 aliphatic rings. The molecule has 1 aromatic rings. The summed E-state index contributed by atoms with van der Waals surface area (Å²) < 4.78 is 0. The number of hydrogen-bond acceptors (Lipinski definition) is 2. The van der Waals surface area contributed by atoms with Crippen molar-refractivity contribution in [2.45, 2.75) is 19.4 Å². The van der Waals surface area contributed by atoms with Crippen LogP contribution >= 0.6 is 0 Å². The van der Waals surface area contributed by atoms with E-state index in [9.17, 15) is 4.79 Å². The first kappa shape index (κ1) is 9.41. The van der Waals surface area contributed by atoms with Gasteiger partial charge in [0.15, 0.2) is 0 Å². The summed E-state index contributed by atoms with van der Waals surface area (Å²) in [5.74, 6) is 0. The molecule has 0 N–H and O–H groups in total. The Morgan fingerprint density at radius 2 is 1.93 bits per heavy atom. The molecule has 74 valence electrons. The van der Waals surface area contributed by atoms with Crippen molar-refractivity contribution in [2.24, 2.45) is 0 Å². The molecule has 0 spiro atoms. The molecule has 0 bridgehead atoms. The van der Waals surface area contributed by atoms with Crippen molar-refractivity contribution < 1.29 is 4.79 Å². The predicted octanol–water partition coefficient (Wildman–Crippen LogP) is 2.09. The number of carbonyl (C=O) groups is 1. The summed E-state index contributed by atoms with van der Waals surface area (Å²) in [6.07, 6.45) is 3.54. The second-order valence-electron chi connectivity index (χ2n) is 3.80. The van der Waals surface area contributed by atoms with Gasteiger partial charge >= 0.3 is 0 Å². The van der Waals surface area contributed by atoms with Crippen LogP contribution in [0.4, 0.5) is 0 Å². The first-order valence-corrected chi connectivity index (χ1v) is 5.15. The maximum absolute atomic E-state index is 10.8. The minimum atomic E-state index is 0.833. The standard InChI is InChI=1S/C12H15NO/c14-10-12-6-2-1-5-11(12)9-13-7-3-4-8-13/h1-2,5-6,10H,3-4,7-9H2. The van der Waals surface area contributed by atoms with Crippen LogP contribution in [0.5, 0.6) is 0 Å². The van der Waals surface area contributed by atoms with Crippen LogP contribution in [0.25, 0.3) is 0 Å². The second kappa shape index (κ2) is 4.38. The first-order valence-electron chi connectivity index (χ1n) is 5.15. The quantitative estimate of drug-likeness (QED) is 0.679. The molecule has 1 aliphatic heterocycles. The Labute approximate surface area is 84.5 Å². The number of benzene rings is 1.